The smallest absolute Gasteiger partial charge is 0.257 e. The van der Waals surface area contributed by atoms with Crippen LogP contribution in [0, 0.1) is 0 Å². The summed E-state index contributed by atoms with van der Waals surface area (Å²) in [5.74, 6) is 0.658. The Morgan fingerprint density at radius 1 is 1.27 bits per heavy atom. The molecule has 1 fully saturated rings. The van der Waals surface area contributed by atoms with Crippen LogP contribution >= 0.6 is 23.4 Å². The van der Waals surface area contributed by atoms with Gasteiger partial charge in [-0.05, 0) is 18.2 Å². The number of nitrogens with one attached hydrogen (secondary N) is 2. The molecule has 4 rings (SSSR count). The number of fused-ring (bicyclic) bond motifs is 1. The van der Waals surface area contributed by atoms with E-state index < -0.39 is 6.04 Å². The largest absolute Gasteiger partial charge is 0.360 e. The van der Waals surface area contributed by atoms with Crippen molar-refractivity contribution in [1.29, 1.82) is 0 Å². The van der Waals surface area contributed by atoms with Gasteiger partial charge in [-0.15, -0.1) is 11.8 Å². The Bertz CT molecular complexity index is 973. The van der Waals surface area contributed by atoms with Crippen molar-refractivity contribution in [3.8, 4) is 0 Å². The summed E-state index contributed by atoms with van der Waals surface area (Å²) in [5.41, 5.74) is 2.03. The molecule has 26 heavy (non-hydrogen) atoms. The Kier molecular flexibility index (Phi) is 4.57. The molecule has 1 atom stereocenters. The Hall–Kier alpha value is -2.51. The number of pyridine rings is 1. The zero-order valence-corrected chi connectivity index (χ0v) is 15.2. The number of rotatable bonds is 3. The molecule has 6 nitrogen and oxygen atoms in total. The van der Waals surface area contributed by atoms with E-state index in [2.05, 4.69) is 15.3 Å². The van der Waals surface area contributed by atoms with Crippen molar-refractivity contribution in [2.75, 3.05) is 16.9 Å². The third-order valence-corrected chi connectivity index (χ3v) is 5.50. The number of carbonyl (C=O) groups excluding carboxylic acids is 2. The number of amides is 2. The first-order valence-corrected chi connectivity index (χ1v) is 9.54. The Morgan fingerprint density at radius 2 is 2.12 bits per heavy atom. The van der Waals surface area contributed by atoms with Crippen molar-refractivity contribution < 1.29 is 9.59 Å². The Morgan fingerprint density at radius 3 is 2.92 bits per heavy atom. The molecule has 1 saturated heterocycles. The van der Waals surface area contributed by atoms with Gasteiger partial charge in [0.05, 0.1) is 23.3 Å². The summed E-state index contributed by atoms with van der Waals surface area (Å²) in [6, 6.07) is 10.4. The molecule has 0 bridgehead atoms. The molecule has 1 aliphatic rings. The van der Waals surface area contributed by atoms with Gasteiger partial charge in [-0.25, -0.2) is 4.98 Å². The fourth-order valence-electron chi connectivity index (χ4n) is 2.94. The molecule has 0 aliphatic carbocycles. The lowest BCUT2D eigenvalue weighted by Crippen LogP contribution is -2.44. The highest BCUT2D eigenvalue weighted by atomic mass is 35.5. The lowest BCUT2D eigenvalue weighted by molar-refractivity contribution is -0.119. The average Bonchev–Trinajstić information content (AvgIpc) is 3.30. The minimum absolute atomic E-state index is 0.151. The summed E-state index contributed by atoms with van der Waals surface area (Å²) in [6.07, 6.45) is 3.20. The van der Waals surface area contributed by atoms with Gasteiger partial charge in [0.25, 0.3) is 5.91 Å². The Balaban J connectivity index is 1.55. The zero-order valence-electron chi connectivity index (χ0n) is 13.6. The second kappa shape index (κ2) is 7.01. The standard InChI is InChI=1S/C18H15ClN4O2S/c19-16-6-5-11(7-21-16)22-17(24)15-9-26-10-23(15)18(25)13-8-20-14-4-2-1-3-12(13)14/h1-8,15,20H,9-10H2,(H,22,24). The first kappa shape index (κ1) is 16.9. The van der Waals surface area contributed by atoms with E-state index in [9.17, 15) is 9.59 Å². The number of carbonyl (C=O) groups is 2. The minimum atomic E-state index is -0.531. The molecule has 0 radical (unpaired) electrons. The predicted octanol–water partition coefficient (Wildman–Crippen LogP) is 3.37. The van der Waals surface area contributed by atoms with Crippen LogP contribution in [0.25, 0.3) is 10.9 Å². The van der Waals surface area contributed by atoms with Crippen LogP contribution in [-0.2, 0) is 4.79 Å². The summed E-state index contributed by atoms with van der Waals surface area (Å²) < 4.78 is 0. The van der Waals surface area contributed by atoms with E-state index in [-0.39, 0.29) is 11.8 Å². The first-order valence-electron chi connectivity index (χ1n) is 8.01. The molecule has 0 saturated carbocycles. The maximum atomic E-state index is 13.0. The highest BCUT2D eigenvalue weighted by molar-refractivity contribution is 7.99. The molecule has 132 valence electrons. The van der Waals surface area contributed by atoms with Crippen LogP contribution in [0.4, 0.5) is 5.69 Å². The van der Waals surface area contributed by atoms with E-state index >= 15 is 0 Å². The van der Waals surface area contributed by atoms with Crippen LogP contribution in [0.1, 0.15) is 10.4 Å². The number of nitrogens with zero attached hydrogens (tertiary/aromatic N) is 2. The number of anilines is 1. The van der Waals surface area contributed by atoms with Crippen molar-refractivity contribution in [2.24, 2.45) is 0 Å². The molecule has 2 amide bonds. The predicted molar refractivity (Wildman–Crippen MR) is 103 cm³/mol. The number of H-pyrrole nitrogens is 1. The molecule has 2 aromatic heterocycles. The zero-order chi connectivity index (χ0) is 18.1. The normalized spacial score (nSPS) is 16.8. The van der Waals surface area contributed by atoms with Crippen molar-refractivity contribution >= 4 is 51.8 Å². The second-order valence-electron chi connectivity index (χ2n) is 5.90. The third-order valence-electron chi connectivity index (χ3n) is 4.26. The number of thioether (sulfide) groups is 1. The molecule has 0 spiro atoms. The van der Waals surface area contributed by atoms with Gasteiger partial charge in [-0.1, -0.05) is 29.8 Å². The number of hydrogen-bond acceptors (Lipinski definition) is 4. The van der Waals surface area contributed by atoms with Crippen LogP contribution in [0.2, 0.25) is 5.15 Å². The van der Waals surface area contributed by atoms with Gasteiger partial charge in [0.15, 0.2) is 0 Å². The second-order valence-corrected chi connectivity index (χ2v) is 7.28. The van der Waals surface area contributed by atoms with E-state index in [4.69, 9.17) is 11.6 Å². The van der Waals surface area contributed by atoms with Gasteiger partial charge < -0.3 is 15.2 Å². The highest BCUT2D eigenvalue weighted by Gasteiger charge is 2.36. The summed E-state index contributed by atoms with van der Waals surface area (Å²) in [6.45, 7) is 0. The summed E-state index contributed by atoms with van der Waals surface area (Å²) in [5, 5.41) is 4.02. The number of halogens is 1. The number of para-hydroxylation sites is 1. The minimum Gasteiger partial charge on any atom is -0.360 e. The van der Waals surface area contributed by atoms with Gasteiger partial charge in [0.2, 0.25) is 5.91 Å². The summed E-state index contributed by atoms with van der Waals surface area (Å²) in [4.78, 5) is 34.3. The number of hydrogen-bond donors (Lipinski definition) is 2. The molecule has 2 N–H and O–H groups in total. The maximum absolute atomic E-state index is 13.0. The molecule has 8 heteroatoms. The van der Waals surface area contributed by atoms with Gasteiger partial charge in [0.1, 0.15) is 11.2 Å². The molecular weight excluding hydrogens is 372 g/mol. The van der Waals surface area contributed by atoms with E-state index in [0.717, 1.165) is 10.9 Å². The van der Waals surface area contributed by atoms with Crippen LogP contribution in [0.15, 0.2) is 48.8 Å². The first-order chi connectivity index (χ1) is 12.6. The summed E-state index contributed by atoms with van der Waals surface area (Å²) >= 11 is 7.32. The van der Waals surface area contributed by atoms with E-state index in [0.29, 0.717) is 28.0 Å². The van der Waals surface area contributed by atoms with Crippen molar-refractivity contribution in [3.63, 3.8) is 0 Å². The van der Waals surface area contributed by atoms with Crippen LogP contribution in [-0.4, -0.2) is 44.4 Å². The van der Waals surface area contributed by atoms with Crippen LogP contribution in [0.5, 0.6) is 0 Å². The van der Waals surface area contributed by atoms with Gasteiger partial charge in [0, 0.05) is 22.9 Å². The Labute approximate surface area is 158 Å². The molecule has 1 unspecified atom stereocenters. The highest BCUT2D eigenvalue weighted by Crippen LogP contribution is 2.27. The van der Waals surface area contributed by atoms with E-state index in [1.54, 1.807) is 35.0 Å². The maximum Gasteiger partial charge on any atom is 0.257 e. The lowest BCUT2D eigenvalue weighted by atomic mass is 10.1. The molecule has 1 aliphatic heterocycles. The number of benzene rings is 1. The van der Waals surface area contributed by atoms with Gasteiger partial charge in [-0.2, -0.15) is 0 Å². The van der Waals surface area contributed by atoms with Crippen molar-refractivity contribution in [3.05, 3.63) is 59.5 Å². The van der Waals surface area contributed by atoms with E-state index in [1.807, 2.05) is 24.3 Å². The van der Waals surface area contributed by atoms with Crippen molar-refractivity contribution in [1.82, 2.24) is 14.9 Å². The fourth-order valence-corrected chi connectivity index (χ4v) is 4.20. The third kappa shape index (κ3) is 3.15. The SMILES string of the molecule is O=C(Nc1ccc(Cl)nc1)C1CSCN1C(=O)c1c[nH]c2ccccc12. The van der Waals surface area contributed by atoms with E-state index in [1.165, 1.54) is 6.20 Å². The quantitative estimate of drug-likeness (QED) is 0.676. The van der Waals surface area contributed by atoms with Crippen molar-refractivity contribution in [2.45, 2.75) is 6.04 Å². The number of aromatic nitrogens is 2. The average molecular weight is 387 g/mol. The molecule has 3 aromatic rings. The van der Waals surface area contributed by atoms with Crippen LogP contribution in [0.3, 0.4) is 0 Å². The fraction of sp³-hybridized carbons (Fsp3) is 0.167. The number of aromatic amines is 1. The van der Waals surface area contributed by atoms with Gasteiger partial charge in [-0.3, -0.25) is 9.59 Å². The topological polar surface area (TPSA) is 78.1 Å². The monoisotopic (exact) mass is 386 g/mol. The summed E-state index contributed by atoms with van der Waals surface area (Å²) in [7, 11) is 0. The molecule has 1 aromatic carbocycles. The molecule has 3 heterocycles. The van der Waals surface area contributed by atoms with Crippen LogP contribution < -0.4 is 5.32 Å². The van der Waals surface area contributed by atoms with Gasteiger partial charge >= 0.3 is 0 Å². The molecular formula is C18H15ClN4O2S. The lowest BCUT2D eigenvalue weighted by Gasteiger charge is -2.22.